The Hall–Kier alpha value is -0.620. The van der Waals surface area contributed by atoms with E-state index in [9.17, 15) is 8.42 Å². The molecule has 0 aliphatic rings. The second-order valence-electron chi connectivity index (χ2n) is 4.87. The molecule has 6 heteroatoms. The van der Waals surface area contributed by atoms with Crippen LogP contribution in [0.2, 0.25) is 5.02 Å². The van der Waals surface area contributed by atoms with Gasteiger partial charge >= 0.3 is 0 Å². The van der Waals surface area contributed by atoms with Gasteiger partial charge in [-0.15, -0.1) is 0 Å². The molecule has 0 amide bonds. The van der Waals surface area contributed by atoms with Gasteiger partial charge in [-0.05, 0) is 31.2 Å². The van der Waals surface area contributed by atoms with Crippen LogP contribution in [0.15, 0.2) is 18.2 Å². The van der Waals surface area contributed by atoms with Crippen LogP contribution in [0.5, 0.6) is 0 Å². The topological polar surface area (TPSA) is 63.4 Å². The molecule has 0 aromatic heterocycles. The van der Waals surface area contributed by atoms with Gasteiger partial charge in [0.15, 0.2) is 0 Å². The molecule has 2 N–H and O–H groups in total. The van der Waals surface area contributed by atoms with E-state index in [1.807, 2.05) is 37.1 Å². The monoisotopic (exact) mass is 304 g/mol. The summed E-state index contributed by atoms with van der Waals surface area (Å²) in [5, 5.41) is 0.701. The van der Waals surface area contributed by atoms with Crippen molar-refractivity contribution in [3.8, 4) is 0 Å². The van der Waals surface area contributed by atoms with Gasteiger partial charge in [0.2, 0.25) is 0 Å². The zero-order valence-electron chi connectivity index (χ0n) is 11.6. The van der Waals surface area contributed by atoms with Crippen LogP contribution < -0.4 is 5.73 Å². The van der Waals surface area contributed by atoms with Gasteiger partial charge in [0, 0.05) is 30.4 Å². The largest absolute Gasteiger partial charge is 0.329 e. The Bertz CT molecular complexity index is 531. The van der Waals surface area contributed by atoms with E-state index in [0.717, 1.165) is 11.1 Å². The van der Waals surface area contributed by atoms with E-state index < -0.39 is 9.84 Å². The van der Waals surface area contributed by atoms with Crippen LogP contribution in [0.4, 0.5) is 0 Å². The average Bonchev–Trinajstić information content (AvgIpc) is 2.31. The molecule has 0 heterocycles. The maximum atomic E-state index is 11.2. The molecule has 0 spiro atoms. The zero-order valence-corrected chi connectivity index (χ0v) is 13.1. The van der Waals surface area contributed by atoms with Crippen molar-refractivity contribution in [2.75, 3.05) is 32.1 Å². The molecule has 1 atom stereocenters. The molecular weight excluding hydrogens is 284 g/mol. The Kier molecular flexibility index (Phi) is 5.80. The molecule has 0 saturated heterocycles. The number of sulfone groups is 1. The lowest BCUT2D eigenvalue weighted by atomic mass is 10.0. The van der Waals surface area contributed by atoms with Crippen LogP contribution in [0.3, 0.4) is 0 Å². The van der Waals surface area contributed by atoms with E-state index in [2.05, 4.69) is 0 Å². The lowest BCUT2D eigenvalue weighted by Gasteiger charge is -2.27. The standard InChI is InChI=1S/C13H21ClN2O2S/c1-10-4-5-11(8-12(10)14)13(9-15)16(2)6-7-19(3,17)18/h4-5,8,13H,6-7,9,15H2,1-3H3. The van der Waals surface area contributed by atoms with Crippen molar-refractivity contribution in [1.29, 1.82) is 0 Å². The van der Waals surface area contributed by atoms with Crippen LogP contribution in [-0.4, -0.2) is 45.5 Å². The molecule has 0 saturated carbocycles. The van der Waals surface area contributed by atoms with Gasteiger partial charge in [-0.3, -0.25) is 4.90 Å². The predicted octanol–water partition coefficient (Wildman–Crippen LogP) is 1.62. The first-order chi connectivity index (χ1) is 8.74. The van der Waals surface area contributed by atoms with Crippen molar-refractivity contribution in [2.45, 2.75) is 13.0 Å². The maximum Gasteiger partial charge on any atom is 0.148 e. The molecule has 0 bridgehead atoms. The minimum absolute atomic E-state index is 0.0279. The van der Waals surface area contributed by atoms with Crippen LogP contribution in [-0.2, 0) is 9.84 Å². The first-order valence-corrected chi connectivity index (χ1v) is 8.52. The average molecular weight is 305 g/mol. The minimum Gasteiger partial charge on any atom is -0.329 e. The fourth-order valence-corrected chi connectivity index (χ4v) is 2.66. The minimum atomic E-state index is -2.97. The molecule has 4 nitrogen and oxygen atoms in total. The SMILES string of the molecule is Cc1ccc(C(CN)N(C)CCS(C)(=O)=O)cc1Cl. The van der Waals surface area contributed by atoms with Gasteiger partial charge in [-0.1, -0.05) is 23.7 Å². The molecule has 108 valence electrons. The first-order valence-electron chi connectivity index (χ1n) is 6.08. The van der Waals surface area contributed by atoms with E-state index in [4.69, 9.17) is 17.3 Å². The summed E-state index contributed by atoms with van der Waals surface area (Å²) in [6.45, 7) is 2.81. The summed E-state index contributed by atoms with van der Waals surface area (Å²) in [6, 6.07) is 5.80. The number of benzene rings is 1. The molecular formula is C13H21ClN2O2S. The predicted molar refractivity (Wildman–Crippen MR) is 80.3 cm³/mol. The fraction of sp³-hybridized carbons (Fsp3) is 0.538. The molecule has 0 radical (unpaired) electrons. The molecule has 1 aromatic rings. The van der Waals surface area contributed by atoms with E-state index >= 15 is 0 Å². The third-order valence-corrected chi connectivity index (χ3v) is 4.48. The Morgan fingerprint density at radius 2 is 2.05 bits per heavy atom. The van der Waals surface area contributed by atoms with E-state index in [-0.39, 0.29) is 11.8 Å². The Morgan fingerprint density at radius 3 is 2.53 bits per heavy atom. The summed E-state index contributed by atoms with van der Waals surface area (Å²) in [6.07, 6.45) is 1.24. The van der Waals surface area contributed by atoms with Gasteiger partial charge in [0.05, 0.1) is 5.75 Å². The van der Waals surface area contributed by atoms with Crippen molar-refractivity contribution in [2.24, 2.45) is 5.73 Å². The highest BCUT2D eigenvalue weighted by molar-refractivity contribution is 7.90. The second kappa shape index (κ2) is 6.70. The van der Waals surface area contributed by atoms with E-state index in [0.29, 0.717) is 18.1 Å². The number of aryl methyl sites for hydroxylation is 1. The fourth-order valence-electron chi connectivity index (χ4n) is 1.85. The van der Waals surface area contributed by atoms with Gasteiger partial charge in [0.1, 0.15) is 9.84 Å². The number of likely N-dealkylation sites (N-methyl/N-ethyl adjacent to an activating group) is 1. The summed E-state index contributed by atoms with van der Waals surface area (Å²) in [5.41, 5.74) is 7.82. The third-order valence-electron chi connectivity index (χ3n) is 3.15. The Balaban J connectivity index is 2.84. The summed E-state index contributed by atoms with van der Waals surface area (Å²) in [7, 11) is -1.10. The molecule has 1 rings (SSSR count). The van der Waals surface area contributed by atoms with Crippen LogP contribution in [0.25, 0.3) is 0 Å². The number of halogens is 1. The van der Waals surface area contributed by atoms with Crippen LogP contribution in [0, 0.1) is 6.92 Å². The lowest BCUT2D eigenvalue weighted by molar-refractivity contribution is 0.264. The van der Waals surface area contributed by atoms with Crippen molar-refractivity contribution in [3.63, 3.8) is 0 Å². The molecule has 0 aliphatic carbocycles. The van der Waals surface area contributed by atoms with Crippen LogP contribution in [0.1, 0.15) is 17.2 Å². The summed E-state index contributed by atoms with van der Waals surface area (Å²) in [4.78, 5) is 1.95. The van der Waals surface area contributed by atoms with Gasteiger partial charge in [-0.25, -0.2) is 8.42 Å². The quantitative estimate of drug-likeness (QED) is 0.867. The van der Waals surface area contributed by atoms with Crippen molar-refractivity contribution in [3.05, 3.63) is 34.3 Å². The summed E-state index contributed by atoms with van der Waals surface area (Å²) < 4.78 is 22.4. The van der Waals surface area contributed by atoms with E-state index in [1.165, 1.54) is 6.26 Å². The van der Waals surface area contributed by atoms with Crippen molar-refractivity contribution in [1.82, 2.24) is 4.90 Å². The Morgan fingerprint density at radius 1 is 1.42 bits per heavy atom. The first kappa shape index (κ1) is 16.4. The van der Waals surface area contributed by atoms with E-state index in [1.54, 1.807) is 0 Å². The van der Waals surface area contributed by atoms with Crippen molar-refractivity contribution >= 4 is 21.4 Å². The molecule has 0 fully saturated rings. The molecule has 19 heavy (non-hydrogen) atoms. The number of rotatable bonds is 6. The van der Waals surface area contributed by atoms with Crippen LogP contribution >= 0.6 is 11.6 Å². The summed E-state index contributed by atoms with van der Waals surface area (Å²) >= 11 is 6.11. The summed E-state index contributed by atoms with van der Waals surface area (Å²) in [5.74, 6) is 0.125. The normalized spacial score (nSPS) is 13.8. The molecule has 0 aliphatic heterocycles. The molecule has 1 unspecified atom stereocenters. The highest BCUT2D eigenvalue weighted by Gasteiger charge is 2.17. The number of hydrogen-bond donors (Lipinski definition) is 1. The second-order valence-corrected chi connectivity index (χ2v) is 7.54. The number of nitrogens with two attached hydrogens (primary N) is 1. The van der Waals surface area contributed by atoms with Gasteiger partial charge < -0.3 is 5.73 Å². The number of hydrogen-bond acceptors (Lipinski definition) is 4. The highest BCUT2D eigenvalue weighted by atomic mass is 35.5. The van der Waals surface area contributed by atoms with Gasteiger partial charge in [0.25, 0.3) is 0 Å². The van der Waals surface area contributed by atoms with Gasteiger partial charge in [-0.2, -0.15) is 0 Å². The Labute approximate surface area is 120 Å². The highest BCUT2D eigenvalue weighted by Crippen LogP contribution is 2.24. The lowest BCUT2D eigenvalue weighted by Crippen LogP contribution is -2.34. The molecule has 1 aromatic carbocycles. The third kappa shape index (κ3) is 5.10. The zero-order chi connectivity index (χ0) is 14.6. The number of nitrogens with zero attached hydrogens (tertiary/aromatic N) is 1. The maximum absolute atomic E-state index is 11.2. The smallest absolute Gasteiger partial charge is 0.148 e. The van der Waals surface area contributed by atoms with Crippen molar-refractivity contribution < 1.29 is 8.42 Å².